The lowest BCUT2D eigenvalue weighted by atomic mass is 10.2. The van der Waals surface area contributed by atoms with Crippen LogP contribution in [0.15, 0.2) is 18.5 Å². The average Bonchev–Trinajstić information content (AvgIpc) is 2.45. The van der Waals surface area contributed by atoms with Crippen LogP contribution in [0.3, 0.4) is 0 Å². The third-order valence-corrected chi connectivity index (χ3v) is 3.54. The van der Waals surface area contributed by atoms with E-state index in [1.54, 1.807) is 18.5 Å². The number of amides is 1. The van der Waals surface area contributed by atoms with Crippen LogP contribution in [0, 0.1) is 11.8 Å². The monoisotopic (exact) mass is 291 g/mol. The largest absolute Gasteiger partial charge is 0.350 e. The third kappa shape index (κ3) is 6.09. The van der Waals surface area contributed by atoms with E-state index in [2.05, 4.69) is 29.1 Å². The van der Waals surface area contributed by atoms with Gasteiger partial charge >= 0.3 is 0 Å². The Bertz CT molecular complexity index is 493. The molecule has 0 aromatic carbocycles. The van der Waals surface area contributed by atoms with E-state index in [9.17, 15) is 4.79 Å². The van der Waals surface area contributed by atoms with Gasteiger partial charge in [-0.1, -0.05) is 18.8 Å². The van der Waals surface area contributed by atoms with E-state index in [-0.39, 0.29) is 11.9 Å². The highest BCUT2D eigenvalue weighted by Crippen LogP contribution is 2.06. The normalized spacial score (nSPS) is 11.3. The van der Waals surface area contributed by atoms with Crippen molar-refractivity contribution in [1.82, 2.24) is 10.3 Å². The summed E-state index contributed by atoms with van der Waals surface area (Å²) in [5.74, 6) is 7.67. The average molecular weight is 291 g/mol. The molecule has 20 heavy (non-hydrogen) atoms. The van der Waals surface area contributed by atoms with E-state index in [1.165, 1.54) is 0 Å². The fraction of sp³-hybridized carbons (Fsp3) is 0.467. The van der Waals surface area contributed by atoms with E-state index in [0.717, 1.165) is 17.9 Å². The highest BCUT2D eigenvalue weighted by atomic mass is 32.2. The number of aromatic nitrogens is 1. The molecule has 4 nitrogen and oxygen atoms in total. The first-order valence-corrected chi connectivity index (χ1v) is 7.85. The van der Waals surface area contributed by atoms with Gasteiger partial charge in [-0.2, -0.15) is 11.8 Å². The van der Waals surface area contributed by atoms with Gasteiger partial charge in [0.1, 0.15) is 0 Å². The van der Waals surface area contributed by atoms with E-state index in [4.69, 9.17) is 5.73 Å². The summed E-state index contributed by atoms with van der Waals surface area (Å²) >= 11 is 1.88. The molecule has 1 atom stereocenters. The Labute approximate surface area is 124 Å². The Kier molecular flexibility index (Phi) is 7.78. The molecule has 0 bridgehead atoms. The second-order valence-corrected chi connectivity index (χ2v) is 5.72. The zero-order valence-corrected chi connectivity index (χ0v) is 12.8. The zero-order chi connectivity index (χ0) is 14.8. The number of carbonyl (C=O) groups excluding carboxylic acids is 1. The molecule has 1 aromatic rings. The molecule has 0 fully saturated rings. The van der Waals surface area contributed by atoms with Crippen molar-refractivity contribution in [2.45, 2.75) is 26.3 Å². The van der Waals surface area contributed by atoms with Crippen molar-refractivity contribution >= 4 is 17.7 Å². The van der Waals surface area contributed by atoms with Crippen LogP contribution in [-0.4, -0.2) is 35.0 Å². The van der Waals surface area contributed by atoms with Crippen LogP contribution in [0.25, 0.3) is 0 Å². The molecule has 1 aromatic heterocycles. The fourth-order valence-corrected chi connectivity index (χ4v) is 2.38. The van der Waals surface area contributed by atoms with Crippen LogP contribution in [0.2, 0.25) is 0 Å². The molecule has 108 valence electrons. The molecule has 0 spiro atoms. The molecule has 1 heterocycles. The van der Waals surface area contributed by atoms with Crippen LogP contribution in [0.1, 0.15) is 36.2 Å². The van der Waals surface area contributed by atoms with E-state index in [0.29, 0.717) is 17.7 Å². The number of pyridine rings is 1. The van der Waals surface area contributed by atoms with Crippen molar-refractivity contribution in [3.8, 4) is 11.8 Å². The minimum absolute atomic E-state index is 0.108. The Morgan fingerprint density at radius 3 is 3.05 bits per heavy atom. The molecule has 0 aliphatic carbocycles. The summed E-state index contributed by atoms with van der Waals surface area (Å²) in [6.45, 7) is 4.44. The first-order valence-electron chi connectivity index (χ1n) is 6.70. The molecule has 0 aliphatic heterocycles. The Morgan fingerprint density at radius 1 is 1.55 bits per heavy atom. The third-order valence-electron chi connectivity index (χ3n) is 2.61. The predicted molar refractivity (Wildman–Crippen MR) is 84.7 cm³/mol. The second kappa shape index (κ2) is 9.40. The van der Waals surface area contributed by atoms with E-state index >= 15 is 0 Å². The second-order valence-electron chi connectivity index (χ2n) is 4.33. The molecular formula is C15H21N3OS. The van der Waals surface area contributed by atoms with Gasteiger partial charge in [-0.15, -0.1) is 0 Å². The van der Waals surface area contributed by atoms with Crippen LogP contribution in [0.4, 0.5) is 0 Å². The standard InChI is InChI=1S/C15H21N3OS/c1-3-20-8-6-12(2)18-15(19)14-9-13(5-4-7-16)10-17-11-14/h9-12H,3,6-8,16H2,1-2H3,(H,18,19). The van der Waals surface area contributed by atoms with Gasteiger partial charge < -0.3 is 11.1 Å². The van der Waals surface area contributed by atoms with Crippen molar-refractivity contribution in [1.29, 1.82) is 0 Å². The Morgan fingerprint density at radius 2 is 2.35 bits per heavy atom. The van der Waals surface area contributed by atoms with E-state index in [1.807, 2.05) is 18.7 Å². The molecule has 0 aliphatic rings. The van der Waals surface area contributed by atoms with E-state index < -0.39 is 0 Å². The smallest absolute Gasteiger partial charge is 0.253 e. The van der Waals surface area contributed by atoms with Crippen molar-refractivity contribution in [2.75, 3.05) is 18.1 Å². The van der Waals surface area contributed by atoms with Gasteiger partial charge in [0.05, 0.1) is 12.1 Å². The molecule has 1 amide bonds. The summed E-state index contributed by atoms with van der Waals surface area (Å²) in [5.41, 5.74) is 6.56. The van der Waals surface area contributed by atoms with Crippen LogP contribution >= 0.6 is 11.8 Å². The first-order chi connectivity index (χ1) is 9.67. The lowest BCUT2D eigenvalue weighted by Gasteiger charge is -2.13. The molecule has 1 rings (SSSR count). The molecule has 0 saturated heterocycles. The highest BCUT2D eigenvalue weighted by Gasteiger charge is 2.10. The number of hydrogen-bond donors (Lipinski definition) is 2. The number of thioether (sulfide) groups is 1. The fourth-order valence-electron chi connectivity index (χ4n) is 1.57. The Hall–Kier alpha value is -1.51. The molecule has 0 saturated carbocycles. The van der Waals surface area contributed by atoms with Gasteiger partial charge in [-0.25, -0.2) is 0 Å². The highest BCUT2D eigenvalue weighted by molar-refractivity contribution is 7.99. The number of nitrogens with one attached hydrogen (secondary N) is 1. The molecule has 3 N–H and O–H groups in total. The van der Waals surface area contributed by atoms with Gasteiger partial charge in [0.15, 0.2) is 0 Å². The van der Waals surface area contributed by atoms with Gasteiger partial charge in [0, 0.05) is 24.0 Å². The Balaban J connectivity index is 2.58. The summed E-state index contributed by atoms with van der Waals surface area (Å²) in [4.78, 5) is 16.1. The summed E-state index contributed by atoms with van der Waals surface area (Å²) < 4.78 is 0. The zero-order valence-electron chi connectivity index (χ0n) is 12.0. The van der Waals surface area contributed by atoms with Crippen molar-refractivity contribution in [2.24, 2.45) is 5.73 Å². The number of hydrogen-bond acceptors (Lipinski definition) is 4. The number of rotatable bonds is 6. The summed E-state index contributed by atoms with van der Waals surface area (Å²) in [7, 11) is 0. The van der Waals surface area contributed by atoms with Gasteiger partial charge in [-0.3, -0.25) is 9.78 Å². The molecule has 0 radical (unpaired) electrons. The SMILES string of the molecule is CCSCCC(C)NC(=O)c1cncc(C#CCN)c1. The number of carbonyl (C=O) groups is 1. The maximum Gasteiger partial charge on any atom is 0.253 e. The van der Waals surface area contributed by atoms with Crippen molar-refractivity contribution in [3.05, 3.63) is 29.6 Å². The first kappa shape index (κ1) is 16.5. The molecule has 1 unspecified atom stereocenters. The number of nitrogens with zero attached hydrogens (tertiary/aromatic N) is 1. The van der Waals surface area contributed by atoms with Crippen LogP contribution < -0.4 is 11.1 Å². The van der Waals surface area contributed by atoms with Gasteiger partial charge in [-0.05, 0) is 30.9 Å². The lowest BCUT2D eigenvalue weighted by molar-refractivity contribution is 0.0939. The maximum atomic E-state index is 12.1. The summed E-state index contributed by atoms with van der Waals surface area (Å²) in [5, 5.41) is 2.97. The molecule has 5 heteroatoms. The topological polar surface area (TPSA) is 68.0 Å². The maximum absolute atomic E-state index is 12.1. The van der Waals surface area contributed by atoms with Crippen LogP contribution in [-0.2, 0) is 0 Å². The van der Waals surface area contributed by atoms with Gasteiger partial charge in [0.25, 0.3) is 5.91 Å². The van der Waals surface area contributed by atoms with Gasteiger partial charge in [0.2, 0.25) is 0 Å². The predicted octanol–water partition coefficient (Wildman–Crippen LogP) is 1.65. The quantitative estimate of drug-likeness (QED) is 0.618. The number of nitrogens with two attached hydrogens (primary N) is 1. The minimum Gasteiger partial charge on any atom is -0.350 e. The summed E-state index contributed by atoms with van der Waals surface area (Å²) in [6, 6.07) is 1.89. The van der Waals surface area contributed by atoms with Crippen molar-refractivity contribution < 1.29 is 4.79 Å². The summed E-state index contributed by atoms with van der Waals surface area (Å²) in [6.07, 6.45) is 4.14. The lowest BCUT2D eigenvalue weighted by Crippen LogP contribution is -2.33. The van der Waals surface area contributed by atoms with Crippen molar-refractivity contribution in [3.63, 3.8) is 0 Å². The minimum atomic E-state index is -0.108. The van der Waals surface area contributed by atoms with Crippen LogP contribution in [0.5, 0.6) is 0 Å². The molecular weight excluding hydrogens is 270 g/mol.